The lowest BCUT2D eigenvalue weighted by Gasteiger charge is -2.24. The lowest BCUT2D eigenvalue weighted by atomic mass is 9.91. The Morgan fingerprint density at radius 3 is 2.94 bits per heavy atom. The van der Waals surface area contributed by atoms with Gasteiger partial charge in [-0.25, -0.2) is 0 Å². The van der Waals surface area contributed by atoms with E-state index in [0.29, 0.717) is 12.2 Å². The highest BCUT2D eigenvalue weighted by molar-refractivity contribution is 6.05. The maximum Gasteiger partial charge on any atom is 0.186 e. The first kappa shape index (κ1) is 12.1. The molecule has 1 aliphatic heterocycles. The molecule has 3 heteroatoms. The van der Waals surface area contributed by atoms with E-state index in [0.717, 1.165) is 24.3 Å². The quantitative estimate of drug-likeness (QED) is 0.810. The van der Waals surface area contributed by atoms with Crippen molar-refractivity contribution in [2.45, 2.75) is 32.7 Å². The van der Waals surface area contributed by atoms with E-state index < -0.39 is 5.54 Å². The number of hydrogen-bond acceptors (Lipinski definition) is 3. The van der Waals surface area contributed by atoms with Crippen LogP contribution in [-0.2, 0) is 6.42 Å². The van der Waals surface area contributed by atoms with Gasteiger partial charge in [0, 0.05) is 6.42 Å². The zero-order valence-corrected chi connectivity index (χ0v) is 10.7. The molecule has 92 valence electrons. The summed E-state index contributed by atoms with van der Waals surface area (Å²) in [6, 6.07) is 5.81. The topological polar surface area (TPSA) is 38.3 Å². The van der Waals surface area contributed by atoms with Crippen LogP contribution >= 0.6 is 0 Å². The Labute approximate surface area is 102 Å². The molecular weight excluding hydrogens is 214 g/mol. The maximum absolute atomic E-state index is 12.5. The van der Waals surface area contributed by atoms with Crippen LogP contribution in [0.3, 0.4) is 0 Å². The highest BCUT2D eigenvalue weighted by Gasteiger charge is 2.31. The van der Waals surface area contributed by atoms with Crippen LogP contribution in [0.25, 0.3) is 0 Å². The molecule has 0 radical (unpaired) electrons. The predicted molar refractivity (Wildman–Crippen MR) is 67.7 cm³/mol. The molecule has 0 atom stereocenters. The van der Waals surface area contributed by atoms with Gasteiger partial charge in [-0.3, -0.25) is 4.79 Å². The Kier molecular flexibility index (Phi) is 3.20. The van der Waals surface area contributed by atoms with Crippen molar-refractivity contribution >= 4 is 5.78 Å². The molecule has 3 nitrogen and oxygen atoms in total. The van der Waals surface area contributed by atoms with Gasteiger partial charge < -0.3 is 10.1 Å². The maximum atomic E-state index is 12.5. The summed E-state index contributed by atoms with van der Waals surface area (Å²) in [5.41, 5.74) is 1.30. The Balaban J connectivity index is 2.35. The van der Waals surface area contributed by atoms with Gasteiger partial charge in [-0.05, 0) is 32.0 Å². The van der Waals surface area contributed by atoms with E-state index in [2.05, 4.69) is 5.32 Å². The molecule has 0 unspecified atom stereocenters. The van der Waals surface area contributed by atoms with Crippen LogP contribution in [0.1, 0.15) is 36.7 Å². The van der Waals surface area contributed by atoms with Crippen molar-refractivity contribution < 1.29 is 9.53 Å². The average molecular weight is 233 g/mol. The molecule has 1 aliphatic rings. The molecule has 0 saturated heterocycles. The van der Waals surface area contributed by atoms with E-state index in [1.54, 1.807) is 0 Å². The third kappa shape index (κ3) is 2.20. The minimum Gasteiger partial charge on any atom is -0.492 e. The van der Waals surface area contributed by atoms with Crippen molar-refractivity contribution in [3.63, 3.8) is 0 Å². The number of benzene rings is 1. The minimum absolute atomic E-state index is 0.0955. The third-order valence-electron chi connectivity index (χ3n) is 3.15. The number of Topliss-reactive ketones (excluding diaryl/α,β-unsaturated/α-hetero) is 1. The third-order valence-corrected chi connectivity index (χ3v) is 3.15. The van der Waals surface area contributed by atoms with Crippen molar-refractivity contribution in [3.05, 3.63) is 29.3 Å². The van der Waals surface area contributed by atoms with Crippen LogP contribution in [0.15, 0.2) is 18.2 Å². The number of ketones is 1. The first-order valence-electron chi connectivity index (χ1n) is 6.11. The van der Waals surface area contributed by atoms with E-state index in [4.69, 9.17) is 4.74 Å². The monoisotopic (exact) mass is 233 g/mol. The number of ether oxygens (including phenoxy) is 1. The average Bonchev–Trinajstić information content (AvgIpc) is 2.75. The summed E-state index contributed by atoms with van der Waals surface area (Å²) in [6.07, 6.45) is 0.901. The Morgan fingerprint density at radius 1 is 1.47 bits per heavy atom. The molecule has 1 aromatic carbocycles. The molecule has 0 spiro atoms. The molecule has 2 rings (SSSR count). The van der Waals surface area contributed by atoms with Crippen LogP contribution < -0.4 is 10.1 Å². The predicted octanol–water partition coefficient (Wildman–Crippen LogP) is 2.19. The second-order valence-electron chi connectivity index (χ2n) is 4.88. The highest BCUT2D eigenvalue weighted by atomic mass is 16.5. The van der Waals surface area contributed by atoms with Gasteiger partial charge in [-0.2, -0.15) is 0 Å². The molecule has 1 heterocycles. The molecule has 0 amide bonds. The Morgan fingerprint density at radius 2 is 2.24 bits per heavy atom. The first-order chi connectivity index (χ1) is 8.06. The summed E-state index contributed by atoms with van der Waals surface area (Å²) < 4.78 is 5.58. The minimum atomic E-state index is -0.546. The van der Waals surface area contributed by atoms with Gasteiger partial charge in [-0.1, -0.05) is 19.1 Å². The number of para-hydroxylation sites is 1. The van der Waals surface area contributed by atoms with E-state index in [-0.39, 0.29) is 5.78 Å². The normalized spacial score (nSPS) is 14.3. The number of rotatable bonds is 4. The molecule has 0 bridgehead atoms. The van der Waals surface area contributed by atoms with Crippen LogP contribution in [0, 0.1) is 0 Å². The summed E-state index contributed by atoms with van der Waals surface area (Å²) in [6.45, 7) is 7.27. The zero-order valence-electron chi connectivity index (χ0n) is 10.7. The summed E-state index contributed by atoms with van der Waals surface area (Å²) in [5.74, 6) is 0.876. The van der Waals surface area contributed by atoms with Gasteiger partial charge in [-0.15, -0.1) is 0 Å². The van der Waals surface area contributed by atoms with Crippen LogP contribution in [0.2, 0.25) is 0 Å². The van der Waals surface area contributed by atoms with Gasteiger partial charge in [0.15, 0.2) is 5.78 Å². The number of likely N-dealkylation sites (N-methyl/N-ethyl adjacent to an activating group) is 1. The smallest absolute Gasteiger partial charge is 0.186 e. The molecule has 0 fully saturated rings. The highest BCUT2D eigenvalue weighted by Crippen LogP contribution is 2.31. The summed E-state index contributed by atoms with van der Waals surface area (Å²) in [4.78, 5) is 12.5. The van der Waals surface area contributed by atoms with Crippen LogP contribution in [0.5, 0.6) is 5.75 Å². The number of carbonyl (C=O) groups excluding carboxylic acids is 1. The van der Waals surface area contributed by atoms with E-state index in [1.807, 2.05) is 39.0 Å². The van der Waals surface area contributed by atoms with Gasteiger partial charge in [0.2, 0.25) is 0 Å². The van der Waals surface area contributed by atoms with Crippen molar-refractivity contribution in [2.75, 3.05) is 13.2 Å². The number of nitrogens with one attached hydrogen (secondary N) is 1. The summed E-state index contributed by atoms with van der Waals surface area (Å²) >= 11 is 0. The summed E-state index contributed by atoms with van der Waals surface area (Å²) in [7, 11) is 0. The van der Waals surface area contributed by atoms with E-state index in [1.165, 1.54) is 0 Å². The van der Waals surface area contributed by atoms with E-state index >= 15 is 0 Å². The molecule has 0 aliphatic carbocycles. The Hall–Kier alpha value is -1.35. The molecule has 1 N–H and O–H groups in total. The molecule has 1 aromatic rings. The first-order valence-corrected chi connectivity index (χ1v) is 6.11. The molecular formula is C14H19NO2. The number of carbonyl (C=O) groups is 1. The second-order valence-corrected chi connectivity index (χ2v) is 4.88. The Bertz CT molecular complexity index is 438. The lowest BCUT2D eigenvalue weighted by molar-refractivity contribution is 0.0880. The fraction of sp³-hybridized carbons (Fsp3) is 0.500. The standard InChI is InChI=1S/C14H19NO2/c1-4-15-14(2,3)13(16)11-7-5-6-10-8-9-17-12(10)11/h5-7,15H,4,8-9H2,1-3H3. The fourth-order valence-corrected chi connectivity index (χ4v) is 2.25. The van der Waals surface area contributed by atoms with Gasteiger partial charge in [0.25, 0.3) is 0 Å². The van der Waals surface area contributed by atoms with E-state index in [9.17, 15) is 4.79 Å². The van der Waals surface area contributed by atoms with Crippen molar-refractivity contribution in [2.24, 2.45) is 0 Å². The van der Waals surface area contributed by atoms with Crippen LogP contribution in [0.4, 0.5) is 0 Å². The summed E-state index contributed by atoms with van der Waals surface area (Å²) in [5, 5.41) is 3.21. The molecule has 17 heavy (non-hydrogen) atoms. The lowest BCUT2D eigenvalue weighted by Crippen LogP contribution is -2.46. The van der Waals surface area contributed by atoms with Crippen molar-refractivity contribution in [1.82, 2.24) is 5.32 Å². The zero-order chi connectivity index (χ0) is 12.5. The molecule has 0 saturated carbocycles. The second kappa shape index (κ2) is 4.49. The fourth-order valence-electron chi connectivity index (χ4n) is 2.25. The SMILES string of the molecule is CCNC(C)(C)C(=O)c1cccc2c1OCC2. The van der Waals surface area contributed by atoms with Crippen molar-refractivity contribution in [3.8, 4) is 5.75 Å². The van der Waals surface area contributed by atoms with Gasteiger partial charge in [0.05, 0.1) is 17.7 Å². The van der Waals surface area contributed by atoms with Crippen LogP contribution in [-0.4, -0.2) is 24.5 Å². The largest absolute Gasteiger partial charge is 0.492 e. The van der Waals surface area contributed by atoms with Gasteiger partial charge >= 0.3 is 0 Å². The number of hydrogen-bond donors (Lipinski definition) is 1. The molecule has 0 aromatic heterocycles. The van der Waals surface area contributed by atoms with Crippen molar-refractivity contribution in [1.29, 1.82) is 0 Å². The van der Waals surface area contributed by atoms with Gasteiger partial charge in [0.1, 0.15) is 5.75 Å². The number of fused-ring (bicyclic) bond motifs is 1.